The molecule has 8 heteroatoms. The van der Waals surface area contributed by atoms with Crippen LogP contribution < -0.4 is 10.2 Å². The van der Waals surface area contributed by atoms with E-state index in [4.69, 9.17) is 5.26 Å². The number of nitriles is 1. The van der Waals surface area contributed by atoms with Crippen LogP contribution in [0.5, 0.6) is 0 Å². The number of rotatable bonds is 4. The monoisotopic (exact) mass is 334 g/mol. The van der Waals surface area contributed by atoms with Crippen LogP contribution >= 0.6 is 0 Å². The first-order valence-electron chi connectivity index (χ1n) is 8.23. The molecular formula is C17H18N8. The molecule has 0 saturated carbocycles. The molecule has 1 aliphatic heterocycles. The van der Waals surface area contributed by atoms with E-state index >= 15 is 0 Å². The molecule has 1 aliphatic rings. The van der Waals surface area contributed by atoms with Crippen LogP contribution in [-0.2, 0) is 7.05 Å². The van der Waals surface area contributed by atoms with E-state index in [0.29, 0.717) is 17.3 Å². The van der Waals surface area contributed by atoms with Crippen LogP contribution in [0, 0.1) is 17.2 Å². The second kappa shape index (κ2) is 6.36. The number of hydrogen-bond donors (Lipinski definition) is 1. The Balaban J connectivity index is 1.45. The van der Waals surface area contributed by atoms with Crippen molar-refractivity contribution in [3.05, 3.63) is 36.4 Å². The molecule has 0 amide bonds. The van der Waals surface area contributed by atoms with Gasteiger partial charge in [-0.15, -0.1) is 0 Å². The van der Waals surface area contributed by atoms with Gasteiger partial charge in [-0.25, -0.2) is 15.0 Å². The minimum absolute atomic E-state index is 0.468. The molecule has 25 heavy (non-hydrogen) atoms. The third-order valence-electron chi connectivity index (χ3n) is 4.58. The molecule has 0 bridgehead atoms. The van der Waals surface area contributed by atoms with E-state index in [1.54, 1.807) is 29.3 Å². The van der Waals surface area contributed by atoms with Crippen molar-refractivity contribution in [2.75, 3.05) is 29.9 Å². The molecule has 8 nitrogen and oxygen atoms in total. The van der Waals surface area contributed by atoms with Gasteiger partial charge < -0.3 is 10.2 Å². The molecule has 1 atom stereocenters. The summed E-state index contributed by atoms with van der Waals surface area (Å²) < 4.78 is 1.76. The highest BCUT2D eigenvalue weighted by Crippen LogP contribution is 2.27. The average Bonchev–Trinajstić information content (AvgIpc) is 3.27. The van der Waals surface area contributed by atoms with E-state index in [1.165, 1.54) is 0 Å². The van der Waals surface area contributed by atoms with E-state index < -0.39 is 0 Å². The number of hydrogen-bond acceptors (Lipinski definition) is 7. The fourth-order valence-corrected chi connectivity index (χ4v) is 3.27. The largest absolute Gasteiger partial charge is 0.369 e. The van der Waals surface area contributed by atoms with Crippen LogP contribution in [0.4, 0.5) is 11.6 Å². The number of nitrogens with zero attached hydrogens (tertiary/aromatic N) is 7. The maximum absolute atomic E-state index is 9.14. The average molecular weight is 334 g/mol. The topological polar surface area (TPSA) is 95.6 Å². The lowest BCUT2D eigenvalue weighted by Gasteiger charge is -2.18. The number of anilines is 2. The van der Waals surface area contributed by atoms with Gasteiger partial charge in [-0.05, 0) is 24.5 Å². The molecule has 3 aromatic heterocycles. The van der Waals surface area contributed by atoms with Gasteiger partial charge in [0.15, 0.2) is 5.65 Å². The van der Waals surface area contributed by atoms with Gasteiger partial charge in [0, 0.05) is 32.9 Å². The highest BCUT2D eigenvalue weighted by molar-refractivity contribution is 5.86. The second-order valence-electron chi connectivity index (χ2n) is 6.20. The van der Waals surface area contributed by atoms with E-state index in [1.807, 2.05) is 13.2 Å². The van der Waals surface area contributed by atoms with Crippen LogP contribution in [0.2, 0.25) is 0 Å². The van der Waals surface area contributed by atoms with Crippen LogP contribution in [0.1, 0.15) is 12.0 Å². The maximum atomic E-state index is 9.14. The summed E-state index contributed by atoms with van der Waals surface area (Å²) in [5, 5.41) is 17.7. The normalized spacial score (nSPS) is 17.0. The van der Waals surface area contributed by atoms with Crippen LogP contribution in [0.15, 0.2) is 30.9 Å². The van der Waals surface area contributed by atoms with Gasteiger partial charge in [-0.3, -0.25) is 4.68 Å². The SMILES string of the molecule is Cn1ncc2c(N3CC[C@H](CNc4ncccc4C#N)C3)ncnc21. The van der Waals surface area contributed by atoms with Crippen molar-refractivity contribution in [2.24, 2.45) is 13.0 Å². The zero-order valence-corrected chi connectivity index (χ0v) is 13.9. The Hall–Kier alpha value is -3.21. The Labute approximate surface area is 145 Å². The van der Waals surface area contributed by atoms with Crippen molar-refractivity contribution >= 4 is 22.7 Å². The van der Waals surface area contributed by atoms with Crippen molar-refractivity contribution in [2.45, 2.75) is 6.42 Å². The number of aromatic nitrogens is 5. The number of fused-ring (bicyclic) bond motifs is 1. The summed E-state index contributed by atoms with van der Waals surface area (Å²) >= 11 is 0. The lowest BCUT2D eigenvalue weighted by atomic mass is 10.1. The summed E-state index contributed by atoms with van der Waals surface area (Å²) in [5.74, 6) is 2.06. The van der Waals surface area contributed by atoms with Gasteiger partial charge in [0.05, 0.1) is 17.1 Å². The molecule has 3 aromatic rings. The van der Waals surface area contributed by atoms with Gasteiger partial charge in [-0.2, -0.15) is 10.4 Å². The van der Waals surface area contributed by atoms with Crippen molar-refractivity contribution < 1.29 is 0 Å². The predicted octanol–water partition coefficient (Wildman–Crippen LogP) is 1.57. The third-order valence-corrected chi connectivity index (χ3v) is 4.58. The quantitative estimate of drug-likeness (QED) is 0.773. The first kappa shape index (κ1) is 15.3. The molecule has 126 valence electrons. The summed E-state index contributed by atoms with van der Waals surface area (Å²) in [6, 6.07) is 5.71. The Morgan fingerprint density at radius 1 is 1.36 bits per heavy atom. The van der Waals surface area contributed by atoms with Crippen molar-refractivity contribution in [3.63, 3.8) is 0 Å². The summed E-state index contributed by atoms with van der Waals surface area (Å²) in [7, 11) is 1.88. The van der Waals surface area contributed by atoms with Gasteiger partial charge in [0.25, 0.3) is 0 Å². The Kier molecular flexibility index (Phi) is 3.90. The molecule has 0 aliphatic carbocycles. The minimum atomic E-state index is 0.468. The van der Waals surface area contributed by atoms with Crippen LogP contribution in [0.3, 0.4) is 0 Å². The van der Waals surface area contributed by atoms with Gasteiger partial charge in [-0.1, -0.05) is 0 Å². The Morgan fingerprint density at radius 3 is 3.16 bits per heavy atom. The zero-order chi connectivity index (χ0) is 17.2. The third kappa shape index (κ3) is 2.85. The Morgan fingerprint density at radius 2 is 2.28 bits per heavy atom. The number of aryl methyl sites for hydroxylation is 1. The fourth-order valence-electron chi connectivity index (χ4n) is 3.27. The molecule has 1 saturated heterocycles. The molecule has 1 N–H and O–H groups in total. The zero-order valence-electron chi connectivity index (χ0n) is 13.9. The molecule has 0 unspecified atom stereocenters. The standard InChI is InChI=1S/C17H18N8/c1-24-16-14(9-23-24)17(22-11-21-16)25-6-4-12(10-25)8-20-15-13(7-18)3-2-5-19-15/h2-3,5,9,11-12H,4,6,8,10H2,1H3,(H,19,20)/t12-/m1/s1. The fraction of sp³-hybridized carbons (Fsp3) is 0.353. The Bertz CT molecular complexity index is 941. The van der Waals surface area contributed by atoms with Crippen LogP contribution in [0.25, 0.3) is 11.0 Å². The molecule has 0 aromatic carbocycles. The highest BCUT2D eigenvalue weighted by Gasteiger charge is 2.25. The maximum Gasteiger partial charge on any atom is 0.163 e. The van der Waals surface area contributed by atoms with E-state index in [2.05, 4.69) is 36.3 Å². The molecule has 4 heterocycles. The van der Waals surface area contributed by atoms with Crippen molar-refractivity contribution in [1.29, 1.82) is 5.26 Å². The smallest absolute Gasteiger partial charge is 0.163 e. The lowest BCUT2D eigenvalue weighted by Crippen LogP contribution is -2.23. The van der Waals surface area contributed by atoms with Crippen LogP contribution in [-0.4, -0.2) is 44.4 Å². The van der Waals surface area contributed by atoms with Gasteiger partial charge in [0.2, 0.25) is 0 Å². The minimum Gasteiger partial charge on any atom is -0.369 e. The second-order valence-corrected chi connectivity index (χ2v) is 6.20. The molecule has 0 spiro atoms. The van der Waals surface area contributed by atoms with Gasteiger partial charge >= 0.3 is 0 Å². The molecule has 0 radical (unpaired) electrons. The first-order chi connectivity index (χ1) is 12.3. The van der Waals surface area contributed by atoms with Crippen molar-refractivity contribution in [3.8, 4) is 6.07 Å². The van der Waals surface area contributed by atoms with E-state index in [-0.39, 0.29) is 0 Å². The summed E-state index contributed by atoms with van der Waals surface area (Å²) in [6.45, 7) is 2.63. The summed E-state index contributed by atoms with van der Waals surface area (Å²) in [4.78, 5) is 15.3. The van der Waals surface area contributed by atoms with Crippen molar-refractivity contribution in [1.82, 2.24) is 24.7 Å². The molecular weight excluding hydrogens is 316 g/mol. The first-order valence-corrected chi connectivity index (χ1v) is 8.23. The molecule has 4 rings (SSSR count). The summed E-state index contributed by atoms with van der Waals surface area (Å²) in [5.41, 5.74) is 1.42. The number of nitrogens with one attached hydrogen (secondary N) is 1. The van der Waals surface area contributed by atoms with E-state index in [0.717, 1.165) is 42.9 Å². The summed E-state index contributed by atoms with van der Waals surface area (Å²) in [6.07, 6.45) is 6.18. The highest BCUT2D eigenvalue weighted by atomic mass is 15.3. The predicted molar refractivity (Wildman–Crippen MR) is 94.1 cm³/mol. The van der Waals surface area contributed by atoms with Gasteiger partial charge in [0.1, 0.15) is 24.0 Å². The molecule has 1 fully saturated rings. The van der Waals surface area contributed by atoms with E-state index in [9.17, 15) is 0 Å². The lowest BCUT2D eigenvalue weighted by molar-refractivity contribution is 0.621. The number of pyridine rings is 1.